The zero-order valence-corrected chi connectivity index (χ0v) is 31.5. The smallest absolute Gasteiger partial charge is 0.325 e. The maximum absolute atomic E-state index is 14.3. The zero-order valence-electron chi connectivity index (χ0n) is 31.5. The zero-order chi connectivity index (χ0) is 36.0. The van der Waals surface area contributed by atoms with Crippen molar-refractivity contribution in [3.63, 3.8) is 0 Å². The normalized spacial score (nSPS) is 41.0. The van der Waals surface area contributed by atoms with Crippen LogP contribution in [0.1, 0.15) is 131 Å². The number of carbonyl (C=O) groups is 3. The van der Waals surface area contributed by atoms with E-state index in [1.165, 1.54) is 44.4 Å². The second-order valence-electron chi connectivity index (χ2n) is 18.1. The molecule has 0 aromatic heterocycles. The van der Waals surface area contributed by atoms with Crippen LogP contribution in [0.25, 0.3) is 0 Å². The minimum absolute atomic E-state index is 0.0570. The summed E-state index contributed by atoms with van der Waals surface area (Å²) >= 11 is 0. The number of rotatable bonds is 11. The van der Waals surface area contributed by atoms with Crippen LogP contribution >= 0.6 is 0 Å². The minimum atomic E-state index is -0.915. The van der Waals surface area contributed by atoms with Crippen LogP contribution in [0.2, 0.25) is 0 Å². The number of esters is 1. The number of carbonyl (C=O) groups excluding carboxylic acids is 3. The third kappa shape index (κ3) is 6.33. The second kappa shape index (κ2) is 14.1. The van der Waals surface area contributed by atoms with Crippen LogP contribution in [0, 0.1) is 56.7 Å². The molecular formula is C41H65FN2O5. The van der Waals surface area contributed by atoms with Crippen LogP contribution < -0.4 is 10.6 Å². The largest absolute Gasteiger partial charge is 0.468 e. The van der Waals surface area contributed by atoms with Crippen LogP contribution in [0.15, 0.2) is 24.1 Å². The van der Waals surface area contributed by atoms with Gasteiger partial charge < -0.3 is 20.5 Å². The first-order chi connectivity index (χ1) is 23.0. The summed E-state index contributed by atoms with van der Waals surface area (Å²) in [5.74, 6) is 0.135. The standard InChI is InChI=1S/C41H65FN2O5/c1-26(2)27-16-21-41(36(48)43-24-12-10-9-11-13-29(42)35(47)44-25-33(46)49-8)23-22-39(6)28(34(27)41)14-15-31-38(5)19-18-32(45)37(3,4)30(38)17-20-40(31,39)7/h13,27-28,30-32,34,45H,1,9-12,14-25H2,2-8H3,(H,43,48)(H,44,47)/b29-13-/t27-,28+,30-,31+,32-,34+,38-,39+,40+,41-/m0/s1. The van der Waals surface area contributed by atoms with Gasteiger partial charge in [0.15, 0.2) is 5.83 Å². The van der Waals surface area contributed by atoms with Crippen molar-refractivity contribution in [2.24, 2.45) is 56.7 Å². The summed E-state index contributed by atoms with van der Waals surface area (Å²) in [6.45, 7) is 19.3. The van der Waals surface area contributed by atoms with Gasteiger partial charge in [-0.15, -0.1) is 0 Å². The van der Waals surface area contributed by atoms with Gasteiger partial charge in [-0.05, 0) is 148 Å². The lowest BCUT2D eigenvalue weighted by atomic mass is 9.32. The van der Waals surface area contributed by atoms with Crippen molar-refractivity contribution in [2.75, 3.05) is 20.2 Å². The SMILES string of the molecule is C=C(C)[C@@H]1CC[C@]2(C(=O)NCCCCC/C=C(\F)C(=O)NCC(=O)OC)CC[C@]3(C)[C@H](CC[C@@H]4[C@@]5(C)CC[C@H](O)C(C)(C)[C@@H]5CC[C@]43C)[C@@H]12. The molecule has 3 N–H and O–H groups in total. The number of aliphatic hydroxyl groups excluding tert-OH is 1. The van der Waals surface area contributed by atoms with E-state index in [0.717, 1.165) is 51.4 Å². The Hall–Kier alpha value is -2.22. The topological polar surface area (TPSA) is 105 Å². The third-order valence-corrected chi connectivity index (χ3v) is 15.8. The van der Waals surface area contributed by atoms with Gasteiger partial charge in [0, 0.05) is 6.54 Å². The molecule has 0 aliphatic heterocycles. The van der Waals surface area contributed by atoms with Crippen molar-refractivity contribution < 1.29 is 28.6 Å². The molecule has 0 aromatic rings. The van der Waals surface area contributed by atoms with Crippen LogP contribution in [0.4, 0.5) is 4.39 Å². The number of methoxy groups -OCH3 is 1. The molecule has 276 valence electrons. The van der Waals surface area contributed by atoms with Crippen molar-refractivity contribution in [2.45, 2.75) is 138 Å². The van der Waals surface area contributed by atoms with Crippen molar-refractivity contribution in [3.05, 3.63) is 24.1 Å². The number of ether oxygens (including phenoxy) is 1. The molecule has 0 bridgehead atoms. The lowest BCUT2D eigenvalue weighted by molar-refractivity contribution is -0.246. The van der Waals surface area contributed by atoms with E-state index in [1.807, 2.05) is 0 Å². The van der Waals surface area contributed by atoms with E-state index in [4.69, 9.17) is 0 Å². The first-order valence-corrected chi connectivity index (χ1v) is 19.3. The Morgan fingerprint density at radius 2 is 1.61 bits per heavy atom. The Kier molecular flexibility index (Phi) is 10.9. The number of allylic oxidation sites excluding steroid dienone is 2. The number of hydrogen-bond acceptors (Lipinski definition) is 5. The maximum atomic E-state index is 14.3. The summed E-state index contributed by atoms with van der Waals surface area (Å²) in [6, 6.07) is 0. The molecule has 5 aliphatic carbocycles. The Balaban J connectivity index is 1.23. The Bertz CT molecular complexity index is 1330. The highest BCUT2D eigenvalue weighted by atomic mass is 19.1. The van der Waals surface area contributed by atoms with E-state index in [9.17, 15) is 23.9 Å². The number of unbranched alkanes of at least 4 members (excludes halogenated alkanes) is 3. The lowest BCUT2D eigenvalue weighted by Crippen LogP contribution is -2.67. The van der Waals surface area contributed by atoms with Gasteiger partial charge in [-0.25, -0.2) is 4.39 Å². The Morgan fingerprint density at radius 1 is 0.878 bits per heavy atom. The fraction of sp³-hybridized carbons (Fsp3) is 0.829. The average Bonchev–Trinajstić information content (AvgIpc) is 3.46. The molecule has 10 atom stereocenters. The number of halogens is 1. The molecule has 49 heavy (non-hydrogen) atoms. The summed E-state index contributed by atoms with van der Waals surface area (Å²) in [7, 11) is 1.21. The molecule has 0 heterocycles. The summed E-state index contributed by atoms with van der Waals surface area (Å²) in [5.41, 5.74) is 1.43. The number of amides is 2. The third-order valence-electron chi connectivity index (χ3n) is 15.8. The molecule has 0 spiro atoms. The quantitative estimate of drug-likeness (QED) is 0.0891. The summed E-state index contributed by atoms with van der Waals surface area (Å²) in [5, 5.41) is 16.6. The van der Waals surface area contributed by atoms with Gasteiger partial charge in [0.1, 0.15) is 6.54 Å². The predicted octanol–water partition coefficient (Wildman–Crippen LogP) is 7.82. The van der Waals surface area contributed by atoms with Crippen LogP contribution in [0.5, 0.6) is 0 Å². The summed E-state index contributed by atoms with van der Waals surface area (Å²) in [4.78, 5) is 37.3. The lowest BCUT2D eigenvalue weighted by Gasteiger charge is -2.72. The fourth-order valence-electron chi connectivity index (χ4n) is 13.0. The van der Waals surface area contributed by atoms with Crippen LogP contribution in [0.3, 0.4) is 0 Å². The van der Waals surface area contributed by atoms with E-state index in [-0.39, 0.29) is 45.6 Å². The number of fused-ring (bicyclic) bond motifs is 7. The van der Waals surface area contributed by atoms with E-state index in [0.29, 0.717) is 49.0 Å². The molecule has 0 aromatic carbocycles. The van der Waals surface area contributed by atoms with Crippen molar-refractivity contribution in [3.8, 4) is 0 Å². The van der Waals surface area contributed by atoms with Gasteiger partial charge >= 0.3 is 5.97 Å². The second-order valence-corrected chi connectivity index (χ2v) is 18.1. The fourth-order valence-corrected chi connectivity index (χ4v) is 13.0. The van der Waals surface area contributed by atoms with Crippen LogP contribution in [-0.4, -0.2) is 49.2 Å². The van der Waals surface area contributed by atoms with Crippen molar-refractivity contribution >= 4 is 17.8 Å². The Labute approximate surface area is 295 Å². The molecule has 5 rings (SSSR count). The molecule has 8 heteroatoms. The van der Waals surface area contributed by atoms with E-state index < -0.39 is 17.7 Å². The highest BCUT2D eigenvalue weighted by Gasteiger charge is 2.71. The molecule has 5 fully saturated rings. The highest BCUT2D eigenvalue weighted by molar-refractivity contribution is 5.93. The first-order valence-electron chi connectivity index (χ1n) is 19.3. The summed E-state index contributed by atoms with van der Waals surface area (Å²) in [6.07, 6.45) is 14.6. The number of hydrogen-bond donors (Lipinski definition) is 3. The average molecular weight is 685 g/mol. The van der Waals surface area contributed by atoms with Crippen molar-refractivity contribution in [1.29, 1.82) is 0 Å². The van der Waals surface area contributed by atoms with E-state index in [2.05, 4.69) is 63.5 Å². The molecule has 5 saturated carbocycles. The van der Waals surface area contributed by atoms with Crippen molar-refractivity contribution in [1.82, 2.24) is 10.6 Å². The van der Waals surface area contributed by atoms with Gasteiger partial charge in [-0.2, -0.15) is 0 Å². The van der Waals surface area contributed by atoms with E-state index >= 15 is 0 Å². The number of aliphatic hydroxyl groups is 1. The van der Waals surface area contributed by atoms with Crippen LogP contribution in [-0.2, 0) is 19.1 Å². The molecule has 0 saturated heterocycles. The minimum Gasteiger partial charge on any atom is -0.468 e. The molecule has 0 radical (unpaired) electrons. The Morgan fingerprint density at radius 3 is 2.31 bits per heavy atom. The molecule has 2 amide bonds. The number of nitrogens with one attached hydrogen (secondary N) is 2. The molecule has 0 unspecified atom stereocenters. The monoisotopic (exact) mass is 684 g/mol. The summed E-state index contributed by atoms with van der Waals surface area (Å²) < 4.78 is 18.5. The van der Waals surface area contributed by atoms with Gasteiger partial charge in [0.2, 0.25) is 5.91 Å². The van der Waals surface area contributed by atoms with Gasteiger partial charge in [0.05, 0.1) is 18.6 Å². The van der Waals surface area contributed by atoms with Gasteiger partial charge in [-0.3, -0.25) is 14.4 Å². The predicted molar refractivity (Wildman–Crippen MR) is 191 cm³/mol. The maximum Gasteiger partial charge on any atom is 0.325 e. The highest BCUT2D eigenvalue weighted by Crippen LogP contribution is 2.77. The van der Waals surface area contributed by atoms with E-state index in [1.54, 1.807) is 0 Å². The van der Waals surface area contributed by atoms with Gasteiger partial charge in [0.25, 0.3) is 5.91 Å². The molecule has 5 aliphatic rings. The first kappa shape index (κ1) is 38.0. The molecular weight excluding hydrogens is 619 g/mol. The molecule has 7 nitrogen and oxygen atoms in total. The van der Waals surface area contributed by atoms with Gasteiger partial charge in [-0.1, -0.05) is 53.2 Å².